The van der Waals surface area contributed by atoms with Gasteiger partial charge < -0.3 is 10.1 Å². The van der Waals surface area contributed by atoms with E-state index in [1.807, 2.05) is 0 Å². The molecular weight excluding hydrogens is 248 g/mol. The predicted octanol–water partition coefficient (Wildman–Crippen LogP) is 2.76. The third kappa shape index (κ3) is 4.30. The first-order valence-electron chi connectivity index (χ1n) is 7.73. The Hall–Kier alpha value is -0.900. The summed E-state index contributed by atoms with van der Waals surface area (Å²) in [7, 11) is 1.78. The highest BCUT2D eigenvalue weighted by Crippen LogP contribution is 2.22. The first-order valence-corrected chi connectivity index (χ1v) is 7.73. The first-order chi connectivity index (χ1) is 9.70. The smallest absolute Gasteiger partial charge is 0.0589 e. The zero-order valence-electron chi connectivity index (χ0n) is 13.1. The Morgan fingerprint density at radius 3 is 2.70 bits per heavy atom. The van der Waals surface area contributed by atoms with Crippen LogP contribution in [0.25, 0.3) is 0 Å². The van der Waals surface area contributed by atoms with E-state index in [2.05, 4.69) is 48.3 Å². The quantitative estimate of drug-likeness (QED) is 0.829. The minimum atomic E-state index is 0.438. The third-order valence-corrected chi connectivity index (χ3v) is 4.31. The zero-order valence-corrected chi connectivity index (χ0v) is 13.1. The normalized spacial score (nSPS) is 20.5. The highest BCUT2D eigenvalue weighted by Gasteiger charge is 2.22. The van der Waals surface area contributed by atoms with Crippen molar-refractivity contribution >= 4 is 0 Å². The molecule has 1 fully saturated rings. The predicted molar refractivity (Wildman–Crippen MR) is 84.1 cm³/mol. The van der Waals surface area contributed by atoms with E-state index in [4.69, 9.17) is 4.74 Å². The number of benzene rings is 1. The molecule has 3 heteroatoms. The summed E-state index contributed by atoms with van der Waals surface area (Å²) in [6, 6.07) is 9.99. The minimum Gasteiger partial charge on any atom is -0.383 e. The van der Waals surface area contributed by atoms with Crippen molar-refractivity contribution in [3.8, 4) is 0 Å². The molecule has 1 saturated heterocycles. The molecule has 1 aromatic rings. The van der Waals surface area contributed by atoms with Gasteiger partial charge in [-0.3, -0.25) is 4.90 Å². The SMILES string of the molecule is COCCN(CC1CCCN1)C(C)c1ccc(C)cc1. The van der Waals surface area contributed by atoms with Crippen LogP contribution in [0.1, 0.15) is 36.9 Å². The second kappa shape index (κ2) is 7.77. The van der Waals surface area contributed by atoms with E-state index in [-0.39, 0.29) is 0 Å². The second-order valence-corrected chi connectivity index (χ2v) is 5.87. The summed E-state index contributed by atoms with van der Waals surface area (Å²) in [6.07, 6.45) is 2.60. The van der Waals surface area contributed by atoms with Crippen LogP contribution in [-0.4, -0.2) is 44.3 Å². The molecule has 0 saturated carbocycles. The fourth-order valence-electron chi connectivity index (χ4n) is 2.90. The van der Waals surface area contributed by atoms with E-state index >= 15 is 0 Å². The van der Waals surface area contributed by atoms with Gasteiger partial charge in [-0.1, -0.05) is 29.8 Å². The van der Waals surface area contributed by atoms with E-state index in [0.717, 1.165) is 19.7 Å². The molecule has 20 heavy (non-hydrogen) atoms. The van der Waals surface area contributed by atoms with Gasteiger partial charge in [-0.05, 0) is 38.8 Å². The van der Waals surface area contributed by atoms with Crippen LogP contribution in [-0.2, 0) is 4.74 Å². The highest BCUT2D eigenvalue weighted by molar-refractivity contribution is 5.23. The summed E-state index contributed by atoms with van der Waals surface area (Å²) in [4.78, 5) is 2.54. The lowest BCUT2D eigenvalue weighted by Crippen LogP contribution is -2.40. The van der Waals surface area contributed by atoms with Crippen molar-refractivity contribution in [1.29, 1.82) is 0 Å². The van der Waals surface area contributed by atoms with Crippen LogP contribution in [0, 0.1) is 6.92 Å². The van der Waals surface area contributed by atoms with Crippen LogP contribution in [0.5, 0.6) is 0 Å². The monoisotopic (exact) mass is 276 g/mol. The number of nitrogens with zero attached hydrogens (tertiary/aromatic N) is 1. The average Bonchev–Trinajstić information content (AvgIpc) is 2.96. The second-order valence-electron chi connectivity index (χ2n) is 5.87. The van der Waals surface area contributed by atoms with Crippen LogP contribution >= 0.6 is 0 Å². The van der Waals surface area contributed by atoms with Gasteiger partial charge in [0, 0.05) is 32.3 Å². The number of hydrogen-bond donors (Lipinski definition) is 1. The van der Waals surface area contributed by atoms with Crippen molar-refractivity contribution in [3.05, 3.63) is 35.4 Å². The number of hydrogen-bond acceptors (Lipinski definition) is 3. The van der Waals surface area contributed by atoms with Gasteiger partial charge >= 0.3 is 0 Å². The Morgan fingerprint density at radius 1 is 1.35 bits per heavy atom. The van der Waals surface area contributed by atoms with Crippen LogP contribution in [0.2, 0.25) is 0 Å². The summed E-state index contributed by atoms with van der Waals surface area (Å²) in [6.45, 7) is 8.50. The lowest BCUT2D eigenvalue weighted by Gasteiger charge is -2.31. The first kappa shape index (κ1) is 15.5. The summed E-state index contributed by atoms with van der Waals surface area (Å²) in [5.74, 6) is 0. The van der Waals surface area contributed by atoms with Crippen molar-refractivity contribution in [3.63, 3.8) is 0 Å². The molecule has 1 aromatic carbocycles. The summed E-state index contributed by atoms with van der Waals surface area (Å²) >= 11 is 0. The summed E-state index contributed by atoms with van der Waals surface area (Å²) in [5.41, 5.74) is 2.71. The average molecular weight is 276 g/mol. The summed E-state index contributed by atoms with van der Waals surface area (Å²) in [5, 5.41) is 3.60. The molecule has 2 atom stereocenters. The molecule has 1 aliphatic rings. The Labute approximate surface area is 123 Å². The number of ether oxygens (including phenoxy) is 1. The number of nitrogens with one attached hydrogen (secondary N) is 1. The van der Waals surface area contributed by atoms with Gasteiger partial charge in [0.1, 0.15) is 0 Å². The molecule has 1 aliphatic heterocycles. The molecule has 0 aromatic heterocycles. The molecule has 0 aliphatic carbocycles. The van der Waals surface area contributed by atoms with Crippen LogP contribution in [0.3, 0.4) is 0 Å². The van der Waals surface area contributed by atoms with Gasteiger partial charge in [0.2, 0.25) is 0 Å². The molecule has 0 bridgehead atoms. The molecule has 0 spiro atoms. The molecule has 0 radical (unpaired) electrons. The molecule has 3 nitrogen and oxygen atoms in total. The van der Waals surface area contributed by atoms with Gasteiger partial charge in [-0.2, -0.15) is 0 Å². The van der Waals surface area contributed by atoms with E-state index in [1.54, 1.807) is 7.11 Å². The Kier molecular flexibility index (Phi) is 6.02. The van der Waals surface area contributed by atoms with Crippen molar-refractivity contribution in [2.45, 2.75) is 38.8 Å². The molecule has 0 amide bonds. The lowest BCUT2D eigenvalue weighted by atomic mass is 10.0. The van der Waals surface area contributed by atoms with Crippen molar-refractivity contribution < 1.29 is 4.74 Å². The van der Waals surface area contributed by atoms with Gasteiger partial charge in [0.15, 0.2) is 0 Å². The third-order valence-electron chi connectivity index (χ3n) is 4.31. The number of methoxy groups -OCH3 is 1. The Morgan fingerprint density at radius 2 is 2.10 bits per heavy atom. The maximum Gasteiger partial charge on any atom is 0.0589 e. The fraction of sp³-hybridized carbons (Fsp3) is 0.647. The minimum absolute atomic E-state index is 0.438. The number of aryl methyl sites for hydroxylation is 1. The van der Waals surface area contributed by atoms with E-state index in [0.29, 0.717) is 12.1 Å². The van der Waals surface area contributed by atoms with E-state index in [1.165, 1.54) is 30.5 Å². The standard InChI is InChI=1S/C17H28N2O/c1-14-6-8-16(9-7-14)15(2)19(11-12-20-3)13-17-5-4-10-18-17/h6-9,15,17-18H,4-5,10-13H2,1-3H3. The fourth-order valence-corrected chi connectivity index (χ4v) is 2.90. The van der Waals surface area contributed by atoms with Crippen LogP contribution in [0.4, 0.5) is 0 Å². The maximum atomic E-state index is 5.28. The van der Waals surface area contributed by atoms with Gasteiger partial charge in [0.05, 0.1) is 6.61 Å². The molecule has 2 rings (SSSR count). The highest BCUT2D eigenvalue weighted by atomic mass is 16.5. The molecular formula is C17H28N2O. The maximum absolute atomic E-state index is 5.28. The largest absolute Gasteiger partial charge is 0.383 e. The topological polar surface area (TPSA) is 24.5 Å². The molecule has 1 N–H and O–H groups in total. The molecule has 1 heterocycles. The van der Waals surface area contributed by atoms with Crippen LogP contribution < -0.4 is 5.32 Å². The van der Waals surface area contributed by atoms with Gasteiger partial charge in [0.25, 0.3) is 0 Å². The van der Waals surface area contributed by atoms with Gasteiger partial charge in [-0.15, -0.1) is 0 Å². The number of rotatable bonds is 7. The van der Waals surface area contributed by atoms with Crippen molar-refractivity contribution in [2.24, 2.45) is 0 Å². The molecule has 112 valence electrons. The Balaban J connectivity index is 2.01. The summed E-state index contributed by atoms with van der Waals surface area (Å²) < 4.78 is 5.28. The van der Waals surface area contributed by atoms with Crippen molar-refractivity contribution in [1.82, 2.24) is 10.2 Å². The van der Waals surface area contributed by atoms with E-state index < -0.39 is 0 Å². The lowest BCUT2D eigenvalue weighted by molar-refractivity contribution is 0.118. The van der Waals surface area contributed by atoms with Crippen molar-refractivity contribution in [2.75, 3.05) is 33.4 Å². The zero-order chi connectivity index (χ0) is 14.4. The van der Waals surface area contributed by atoms with Crippen LogP contribution in [0.15, 0.2) is 24.3 Å². The van der Waals surface area contributed by atoms with E-state index in [9.17, 15) is 0 Å². The molecule has 2 unspecified atom stereocenters. The van der Waals surface area contributed by atoms with Gasteiger partial charge in [-0.25, -0.2) is 0 Å². The Bertz CT molecular complexity index is 384.